The van der Waals surface area contributed by atoms with Crippen molar-refractivity contribution < 1.29 is 18.7 Å². The van der Waals surface area contributed by atoms with Gasteiger partial charge in [-0.05, 0) is 31.2 Å². The molecular formula is C16H15F2NO2. The zero-order valence-corrected chi connectivity index (χ0v) is 11.7. The molecule has 0 heterocycles. The molecule has 0 aliphatic heterocycles. The van der Waals surface area contributed by atoms with Crippen LogP contribution in [0.4, 0.5) is 14.5 Å². The zero-order valence-electron chi connectivity index (χ0n) is 11.7. The van der Waals surface area contributed by atoms with Gasteiger partial charge in [0, 0.05) is 18.3 Å². The van der Waals surface area contributed by atoms with Crippen LogP contribution in [0.2, 0.25) is 0 Å². The van der Waals surface area contributed by atoms with Crippen LogP contribution in [-0.2, 0) is 0 Å². The number of nitrogens with zero attached hydrogens (tertiary/aromatic N) is 1. The molecule has 2 rings (SSSR count). The summed E-state index contributed by atoms with van der Waals surface area (Å²) in [5, 5.41) is 8.82. The molecule has 3 nitrogen and oxygen atoms in total. The van der Waals surface area contributed by atoms with Gasteiger partial charge in [0.15, 0.2) is 0 Å². The molecule has 2 aromatic carbocycles. The number of carboxylic acids is 1. The van der Waals surface area contributed by atoms with Crippen molar-refractivity contribution in [3.8, 4) is 0 Å². The molecule has 110 valence electrons. The first-order valence-electron chi connectivity index (χ1n) is 6.42. The fraction of sp³-hybridized carbons (Fsp3) is 0.188. The van der Waals surface area contributed by atoms with Gasteiger partial charge in [0.05, 0.1) is 11.6 Å². The monoisotopic (exact) mass is 291 g/mol. The minimum Gasteiger partial charge on any atom is -0.478 e. The number of halogens is 2. The molecule has 0 saturated carbocycles. The van der Waals surface area contributed by atoms with Crippen LogP contribution in [0.25, 0.3) is 0 Å². The highest BCUT2D eigenvalue weighted by atomic mass is 19.1. The van der Waals surface area contributed by atoms with E-state index in [1.807, 2.05) is 0 Å². The van der Waals surface area contributed by atoms with Gasteiger partial charge in [0.1, 0.15) is 11.6 Å². The third kappa shape index (κ3) is 3.02. The highest BCUT2D eigenvalue weighted by Crippen LogP contribution is 2.28. The fourth-order valence-electron chi connectivity index (χ4n) is 2.14. The second kappa shape index (κ2) is 5.91. The number of hydrogen-bond acceptors (Lipinski definition) is 2. The van der Waals surface area contributed by atoms with E-state index in [-0.39, 0.29) is 17.4 Å². The Balaban J connectivity index is 2.32. The summed E-state index contributed by atoms with van der Waals surface area (Å²) in [6.07, 6.45) is 0. The Bertz CT molecular complexity index is 673. The summed E-state index contributed by atoms with van der Waals surface area (Å²) in [6.45, 7) is 1.79. The molecule has 21 heavy (non-hydrogen) atoms. The predicted octanol–water partition coefficient (Wildman–Crippen LogP) is 3.86. The SMILES string of the molecule is CC(c1ccccc1F)N(C)c1ccc(C(=O)O)c(F)c1. The van der Waals surface area contributed by atoms with Gasteiger partial charge in [-0.2, -0.15) is 0 Å². The van der Waals surface area contributed by atoms with Crippen LogP contribution in [0.5, 0.6) is 0 Å². The smallest absolute Gasteiger partial charge is 0.338 e. The van der Waals surface area contributed by atoms with Gasteiger partial charge >= 0.3 is 5.97 Å². The Morgan fingerprint density at radius 3 is 2.38 bits per heavy atom. The fourth-order valence-corrected chi connectivity index (χ4v) is 2.14. The third-order valence-electron chi connectivity index (χ3n) is 3.53. The summed E-state index contributed by atoms with van der Waals surface area (Å²) in [4.78, 5) is 12.5. The lowest BCUT2D eigenvalue weighted by Crippen LogP contribution is -2.22. The van der Waals surface area contributed by atoms with Gasteiger partial charge in [0.25, 0.3) is 0 Å². The molecule has 5 heteroatoms. The molecule has 0 spiro atoms. The first-order chi connectivity index (χ1) is 9.91. The van der Waals surface area contributed by atoms with Crippen LogP contribution < -0.4 is 4.90 Å². The van der Waals surface area contributed by atoms with E-state index in [2.05, 4.69) is 0 Å². The van der Waals surface area contributed by atoms with Gasteiger partial charge in [-0.15, -0.1) is 0 Å². The molecule has 1 atom stereocenters. The topological polar surface area (TPSA) is 40.5 Å². The lowest BCUT2D eigenvalue weighted by molar-refractivity contribution is 0.0692. The molecule has 0 bridgehead atoms. The van der Waals surface area contributed by atoms with Crippen molar-refractivity contribution in [3.05, 3.63) is 65.2 Å². The molecular weight excluding hydrogens is 276 g/mol. The van der Waals surface area contributed by atoms with Crippen molar-refractivity contribution in [1.29, 1.82) is 0 Å². The van der Waals surface area contributed by atoms with Crippen molar-refractivity contribution in [3.63, 3.8) is 0 Å². The van der Waals surface area contributed by atoms with Crippen molar-refractivity contribution in [2.45, 2.75) is 13.0 Å². The zero-order chi connectivity index (χ0) is 15.6. The summed E-state index contributed by atoms with van der Waals surface area (Å²) in [5.74, 6) is -2.46. The molecule has 0 aliphatic carbocycles. The Kier molecular flexibility index (Phi) is 4.21. The van der Waals surface area contributed by atoms with E-state index in [0.717, 1.165) is 6.07 Å². The maximum absolute atomic E-state index is 13.8. The maximum Gasteiger partial charge on any atom is 0.338 e. The Morgan fingerprint density at radius 1 is 1.14 bits per heavy atom. The summed E-state index contributed by atoms with van der Waals surface area (Å²) < 4.78 is 27.5. The van der Waals surface area contributed by atoms with Crippen LogP contribution in [0.3, 0.4) is 0 Å². The minimum atomic E-state index is -1.32. The van der Waals surface area contributed by atoms with Crippen molar-refractivity contribution >= 4 is 11.7 Å². The second-order valence-electron chi connectivity index (χ2n) is 4.78. The highest BCUT2D eigenvalue weighted by molar-refractivity contribution is 5.88. The van der Waals surface area contributed by atoms with E-state index >= 15 is 0 Å². The molecule has 0 amide bonds. The van der Waals surface area contributed by atoms with Crippen molar-refractivity contribution in [2.75, 3.05) is 11.9 Å². The van der Waals surface area contributed by atoms with E-state index in [9.17, 15) is 13.6 Å². The van der Waals surface area contributed by atoms with E-state index in [1.165, 1.54) is 18.2 Å². The van der Waals surface area contributed by atoms with Crippen LogP contribution >= 0.6 is 0 Å². The van der Waals surface area contributed by atoms with E-state index in [0.29, 0.717) is 11.3 Å². The van der Waals surface area contributed by atoms with E-state index in [4.69, 9.17) is 5.11 Å². The Hall–Kier alpha value is -2.43. The van der Waals surface area contributed by atoms with Crippen LogP contribution in [0, 0.1) is 11.6 Å². The standard InChI is InChI=1S/C16H15F2NO2/c1-10(12-5-3-4-6-14(12)17)19(2)11-7-8-13(16(20)21)15(18)9-11/h3-10H,1-2H3,(H,20,21). The van der Waals surface area contributed by atoms with Gasteiger partial charge in [-0.25, -0.2) is 13.6 Å². The lowest BCUT2D eigenvalue weighted by Gasteiger charge is -2.27. The normalized spacial score (nSPS) is 12.0. The van der Waals surface area contributed by atoms with Gasteiger partial charge in [0.2, 0.25) is 0 Å². The predicted molar refractivity (Wildman–Crippen MR) is 76.6 cm³/mol. The summed E-state index contributed by atoms with van der Waals surface area (Å²) >= 11 is 0. The molecule has 0 saturated heterocycles. The largest absolute Gasteiger partial charge is 0.478 e. The van der Waals surface area contributed by atoms with Crippen LogP contribution in [-0.4, -0.2) is 18.1 Å². The van der Waals surface area contributed by atoms with Gasteiger partial charge in [-0.1, -0.05) is 18.2 Å². The maximum atomic E-state index is 13.8. The van der Waals surface area contributed by atoms with Crippen molar-refractivity contribution in [1.82, 2.24) is 0 Å². The molecule has 1 unspecified atom stereocenters. The van der Waals surface area contributed by atoms with Crippen molar-refractivity contribution in [2.24, 2.45) is 0 Å². The lowest BCUT2D eigenvalue weighted by atomic mass is 10.1. The third-order valence-corrected chi connectivity index (χ3v) is 3.53. The van der Waals surface area contributed by atoms with E-state index < -0.39 is 11.8 Å². The van der Waals surface area contributed by atoms with Crippen LogP contribution in [0.1, 0.15) is 28.9 Å². The number of hydrogen-bond donors (Lipinski definition) is 1. The first-order valence-corrected chi connectivity index (χ1v) is 6.42. The first kappa shape index (κ1) is 15.0. The van der Waals surface area contributed by atoms with Gasteiger partial charge < -0.3 is 10.0 Å². The molecule has 0 radical (unpaired) electrons. The molecule has 2 aromatic rings. The minimum absolute atomic E-state index is 0.318. The average molecular weight is 291 g/mol. The van der Waals surface area contributed by atoms with E-state index in [1.54, 1.807) is 37.1 Å². The number of aromatic carboxylic acids is 1. The number of rotatable bonds is 4. The average Bonchev–Trinajstić information content (AvgIpc) is 2.45. The summed E-state index contributed by atoms with van der Waals surface area (Å²) in [5.41, 5.74) is 0.585. The molecule has 0 aromatic heterocycles. The summed E-state index contributed by atoms with van der Waals surface area (Å²) in [7, 11) is 1.70. The van der Waals surface area contributed by atoms with Gasteiger partial charge in [-0.3, -0.25) is 0 Å². The quantitative estimate of drug-likeness (QED) is 0.930. The summed E-state index contributed by atoms with van der Waals surface area (Å²) in [6, 6.07) is 9.90. The van der Waals surface area contributed by atoms with Crippen LogP contribution in [0.15, 0.2) is 42.5 Å². The second-order valence-corrected chi connectivity index (χ2v) is 4.78. The number of carbonyl (C=O) groups is 1. The molecule has 0 aliphatic rings. The highest BCUT2D eigenvalue weighted by Gasteiger charge is 2.18. The number of carboxylic acid groups (broad SMARTS) is 1. The molecule has 0 fully saturated rings. The Morgan fingerprint density at radius 2 is 1.81 bits per heavy atom. The molecule has 1 N–H and O–H groups in total. The number of benzene rings is 2. The Labute approximate surface area is 121 Å². The number of anilines is 1.